The van der Waals surface area contributed by atoms with Crippen molar-refractivity contribution in [2.75, 3.05) is 0 Å². The lowest BCUT2D eigenvalue weighted by atomic mass is 9.74. The summed E-state index contributed by atoms with van der Waals surface area (Å²) in [5.74, 6) is -3.19. The van der Waals surface area contributed by atoms with Crippen LogP contribution in [0.25, 0.3) is 0 Å². The van der Waals surface area contributed by atoms with E-state index < -0.39 is 22.9 Å². The molecular weight excluding hydrogens is 239 g/mol. The summed E-state index contributed by atoms with van der Waals surface area (Å²) < 4.78 is 40.0. The second-order valence-corrected chi connectivity index (χ2v) is 4.44. The predicted octanol–water partition coefficient (Wildman–Crippen LogP) is 4.47. The highest BCUT2D eigenvalue weighted by molar-refractivity contribution is 5.34. The van der Waals surface area contributed by atoms with Crippen LogP contribution < -0.4 is 0 Å². The van der Waals surface area contributed by atoms with Crippen LogP contribution in [0.3, 0.4) is 0 Å². The second kappa shape index (κ2) is 5.90. The average molecular weight is 255 g/mol. The van der Waals surface area contributed by atoms with Gasteiger partial charge >= 0.3 is 0 Å². The lowest BCUT2D eigenvalue weighted by Crippen LogP contribution is -2.25. The molecule has 0 saturated carbocycles. The van der Waals surface area contributed by atoms with E-state index in [1.807, 2.05) is 13.8 Å². The normalized spacial score (nSPS) is 11.3. The standard InChI is InChI=1S/C14H16F3N/c1-3-5-14(9-18,6-4-2)10-7-12(16)13(17)8-11(10)15/h7-8H,3-6H2,1-2H3. The molecule has 0 aliphatic rings. The number of benzene rings is 1. The fourth-order valence-corrected chi connectivity index (χ4v) is 2.31. The van der Waals surface area contributed by atoms with Gasteiger partial charge in [0.25, 0.3) is 0 Å². The Bertz CT molecular complexity index is 457. The summed E-state index contributed by atoms with van der Waals surface area (Å²) in [6, 6.07) is 3.43. The molecule has 0 heterocycles. The lowest BCUT2D eigenvalue weighted by Gasteiger charge is -2.26. The molecule has 0 N–H and O–H groups in total. The lowest BCUT2D eigenvalue weighted by molar-refractivity contribution is 0.417. The molecule has 4 heteroatoms. The third-order valence-corrected chi connectivity index (χ3v) is 3.09. The maximum Gasteiger partial charge on any atom is 0.161 e. The molecule has 18 heavy (non-hydrogen) atoms. The largest absolute Gasteiger partial charge is 0.207 e. The van der Waals surface area contributed by atoms with Gasteiger partial charge in [-0.15, -0.1) is 0 Å². The van der Waals surface area contributed by atoms with Crippen LogP contribution in [0.1, 0.15) is 45.1 Å². The van der Waals surface area contributed by atoms with Crippen molar-refractivity contribution in [2.45, 2.75) is 44.9 Å². The van der Waals surface area contributed by atoms with E-state index >= 15 is 0 Å². The van der Waals surface area contributed by atoms with Crippen LogP contribution in [0.4, 0.5) is 13.2 Å². The van der Waals surface area contributed by atoms with E-state index in [1.165, 1.54) is 0 Å². The van der Waals surface area contributed by atoms with Gasteiger partial charge in [0.1, 0.15) is 5.82 Å². The topological polar surface area (TPSA) is 23.8 Å². The Morgan fingerprint density at radius 3 is 1.94 bits per heavy atom. The highest BCUT2D eigenvalue weighted by Crippen LogP contribution is 2.36. The number of hydrogen-bond acceptors (Lipinski definition) is 1. The van der Waals surface area contributed by atoms with Gasteiger partial charge in [0.05, 0.1) is 11.5 Å². The number of rotatable bonds is 5. The molecule has 0 amide bonds. The van der Waals surface area contributed by atoms with E-state index in [1.54, 1.807) is 0 Å². The Kier molecular flexibility index (Phi) is 4.77. The molecule has 0 spiro atoms. The molecule has 98 valence electrons. The first-order valence-electron chi connectivity index (χ1n) is 6.07. The summed E-state index contributed by atoms with van der Waals surface area (Å²) in [6.07, 6.45) is 2.21. The molecule has 0 aliphatic heterocycles. The zero-order valence-corrected chi connectivity index (χ0v) is 10.6. The molecule has 1 aromatic carbocycles. The van der Waals surface area contributed by atoms with Gasteiger partial charge in [-0.1, -0.05) is 26.7 Å². The van der Waals surface area contributed by atoms with Crippen LogP contribution in [0.2, 0.25) is 0 Å². The van der Waals surface area contributed by atoms with E-state index in [-0.39, 0.29) is 5.56 Å². The first kappa shape index (κ1) is 14.6. The monoisotopic (exact) mass is 255 g/mol. The zero-order chi connectivity index (χ0) is 13.8. The van der Waals surface area contributed by atoms with E-state index in [9.17, 15) is 18.4 Å². The molecule has 0 radical (unpaired) electrons. The molecule has 0 bridgehead atoms. The van der Waals surface area contributed by atoms with Crippen LogP contribution in [-0.4, -0.2) is 0 Å². The Balaban J connectivity index is 3.38. The van der Waals surface area contributed by atoms with Crippen molar-refractivity contribution < 1.29 is 13.2 Å². The Morgan fingerprint density at radius 2 is 1.50 bits per heavy atom. The van der Waals surface area contributed by atoms with Crippen LogP contribution in [-0.2, 0) is 5.41 Å². The fraction of sp³-hybridized carbons (Fsp3) is 0.500. The van der Waals surface area contributed by atoms with E-state index in [0.29, 0.717) is 31.7 Å². The molecular formula is C14H16F3N. The molecule has 0 fully saturated rings. The number of nitriles is 1. The molecule has 0 unspecified atom stereocenters. The van der Waals surface area contributed by atoms with E-state index in [4.69, 9.17) is 0 Å². The van der Waals surface area contributed by atoms with E-state index in [0.717, 1.165) is 6.07 Å². The maximum absolute atomic E-state index is 13.8. The molecule has 1 rings (SSSR count). The van der Waals surface area contributed by atoms with Crippen molar-refractivity contribution in [1.82, 2.24) is 0 Å². The van der Waals surface area contributed by atoms with Gasteiger partial charge in [-0.25, -0.2) is 13.2 Å². The smallest absolute Gasteiger partial charge is 0.161 e. The second-order valence-electron chi connectivity index (χ2n) is 4.44. The van der Waals surface area contributed by atoms with Gasteiger partial charge in [0.2, 0.25) is 0 Å². The Labute approximate surface area is 105 Å². The molecule has 0 atom stereocenters. The van der Waals surface area contributed by atoms with Gasteiger partial charge in [0, 0.05) is 11.6 Å². The summed E-state index contributed by atoms with van der Waals surface area (Å²) in [7, 11) is 0. The highest BCUT2D eigenvalue weighted by Gasteiger charge is 2.34. The Hall–Kier alpha value is -1.50. The van der Waals surface area contributed by atoms with Crippen molar-refractivity contribution in [1.29, 1.82) is 5.26 Å². The summed E-state index contributed by atoms with van der Waals surface area (Å²) in [6.45, 7) is 3.75. The van der Waals surface area contributed by atoms with Crippen LogP contribution in [0.15, 0.2) is 12.1 Å². The summed E-state index contributed by atoms with van der Waals surface area (Å²) >= 11 is 0. The first-order valence-corrected chi connectivity index (χ1v) is 6.07. The maximum atomic E-state index is 13.8. The third kappa shape index (κ3) is 2.66. The van der Waals surface area contributed by atoms with Crippen LogP contribution in [0, 0.1) is 28.8 Å². The van der Waals surface area contributed by atoms with Gasteiger partial charge in [-0.2, -0.15) is 5.26 Å². The first-order chi connectivity index (χ1) is 8.50. The van der Waals surface area contributed by atoms with Gasteiger partial charge < -0.3 is 0 Å². The number of hydrogen-bond donors (Lipinski definition) is 0. The quantitative estimate of drug-likeness (QED) is 0.712. The summed E-state index contributed by atoms with van der Waals surface area (Å²) in [5, 5.41) is 9.34. The van der Waals surface area contributed by atoms with E-state index in [2.05, 4.69) is 6.07 Å². The van der Waals surface area contributed by atoms with Crippen molar-refractivity contribution in [3.8, 4) is 6.07 Å². The molecule has 0 aromatic heterocycles. The molecule has 0 aliphatic carbocycles. The minimum absolute atomic E-state index is 0.0346. The molecule has 0 saturated heterocycles. The molecule has 1 aromatic rings. The van der Waals surface area contributed by atoms with Gasteiger partial charge in [0.15, 0.2) is 11.6 Å². The summed E-state index contributed by atoms with van der Waals surface area (Å²) in [5.41, 5.74) is -1.10. The van der Waals surface area contributed by atoms with Crippen LogP contribution >= 0.6 is 0 Å². The van der Waals surface area contributed by atoms with Crippen molar-refractivity contribution in [3.63, 3.8) is 0 Å². The highest BCUT2D eigenvalue weighted by atomic mass is 19.2. The zero-order valence-electron chi connectivity index (χ0n) is 10.6. The number of halogens is 3. The summed E-state index contributed by atoms with van der Waals surface area (Å²) in [4.78, 5) is 0. The Morgan fingerprint density at radius 1 is 1.00 bits per heavy atom. The SMILES string of the molecule is CCCC(C#N)(CCC)c1cc(F)c(F)cc1F. The number of nitrogens with zero attached hydrogens (tertiary/aromatic N) is 1. The van der Waals surface area contributed by atoms with Crippen LogP contribution in [0.5, 0.6) is 0 Å². The van der Waals surface area contributed by atoms with Crippen molar-refractivity contribution in [2.24, 2.45) is 0 Å². The minimum Gasteiger partial charge on any atom is -0.207 e. The predicted molar refractivity (Wildman–Crippen MR) is 63.4 cm³/mol. The average Bonchev–Trinajstić information content (AvgIpc) is 2.33. The van der Waals surface area contributed by atoms with Crippen molar-refractivity contribution >= 4 is 0 Å². The van der Waals surface area contributed by atoms with Crippen molar-refractivity contribution in [3.05, 3.63) is 35.1 Å². The third-order valence-electron chi connectivity index (χ3n) is 3.09. The van der Waals surface area contributed by atoms with Gasteiger partial charge in [-0.3, -0.25) is 0 Å². The van der Waals surface area contributed by atoms with Gasteiger partial charge in [-0.05, 0) is 18.9 Å². The fourth-order valence-electron chi connectivity index (χ4n) is 2.31. The molecule has 1 nitrogen and oxygen atoms in total. The minimum atomic E-state index is -1.23.